The Bertz CT molecular complexity index is 3070. The minimum Gasteiger partial charge on any atom is -0.506 e. The standard InChI is InChI=1S/C63H90N12O22/c1-37(2)55(60(90)69-38(3)56(86)71-46-35-39(13-20-47(46)76)34-42(64)18-23-53(82)83)74-59(89)43(70-50(79)36-75-51(80)21-22-52(75)81)10-4-7-27-66-49(78)25-30-96-32-33-97-31-29-68-58(88)41-16-14-40(15-17-41)57(87)67-28-9-6-12-48(77)65-26-8-5-11-44(61(91)92)72-63(95)73-45(62(93)94)19-24-54(84)85/h13-17,20-22,35,37-38,42-45,55,76H,4-12,18-19,23-34,36,64H2,1-3H3,(H,65,77)(H,66,78)(H,67,87)(H,68,88)(H,69,90)(H,70,79)(H,71,86)(H,74,89)(H,82,83)(H,84,85)(H,91,92)(H,93,94)(H2,72,73,95)/t38-,42+,43-,44-,45-,55-/m0/s1. The average Bonchev–Trinajstić information content (AvgIpc) is 1.52. The van der Waals surface area contributed by atoms with Gasteiger partial charge in [0.1, 0.15) is 42.5 Å². The molecule has 0 aromatic heterocycles. The second kappa shape index (κ2) is 43.8. The van der Waals surface area contributed by atoms with Gasteiger partial charge >= 0.3 is 29.9 Å². The number of nitrogens with one attached hydrogen (secondary N) is 10. The van der Waals surface area contributed by atoms with E-state index in [-0.39, 0.29) is 140 Å². The fraction of sp³-hybridized carbons (Fsp3) is 0.540. The molecule has 534 valence electrons. The number of urea groups is 1. The fourth-order valence-corrected chi connectivity index (χ4v) is 9.20. The Labute approximate surface area is 559 Å². The molecule has 2 aromatic carbocycles. The van der Waals surface area contributed by atoms with Gasteiger partial charge in [0.2, 0.25) is 35.4 Å². The van der Waals surface area contributed by atoms with Crippen LogP contribution in [0.25, 0.3) is 0 Å². The molecule has 2 aromatic rings. The molecule has 34 heteroatoms. The maximum atomic E-state index is 13.8. The van der Waals surface area contributed by atoms with Gasteiger partial charge in [-0.05, 0) is 125 Å². The summed E-state index contributed by atoms with van der Waals surface area (Å²) in [5.74, 6) is -11.9. The van der Waals surface area contributed by atoms with E-state index in [1.165, 1.54) is 43.3 Å². The van der Waals surface area contributed by atoms with Gasteiger partial charge in [0.25, 0.3) is 23.6 Å². The molecule has 97 heavy (non-hydrogen) atoms. The highest BCUT2D eigenvalue weighted by Crippen LogP contribution is 2.25. The van der Waals surface area contributed by atoms with Crippen LogP contribution in [-0.2, 0) is 73.4 Å². The summed E-state index contributed by atoms with van der Waals surface area (Å²) in [7, 11) is 0. The third kappa shape index (κ3) is 32.7. The molecule has 34 nitrogen and oxygen atoms in total. The van der Waals surface area contributed by atoms with E-state index in [1.807, 2.05) is 0 Å². The predicted molar refractivity (Wildman–Crippen MR) is 344 cm³/mol. The first-order valence-corrected chi connectivity index (χ1v) is 31.7. The molecule has 6 atom stereocenters. The molecule has 17 N–H and O–H groups in total. The molecule has 0 aliphatic carbocycles. The Balaban J connectivity index is 1.30. The molecule has 0 unspecified atom stereocenters. The number of carbonyl (C=O) groups excluding carboxylic acids is 11. The van der Waals surface area contributed by atoms with Crippen molar-refractivity contribution >= 4 is 94.7 Å². The number of aromatic hydroxyl groups is 1. The number of hydrogen-bond acceptors (Lipinski definition) is 19. The molecule has 0 saturated heterocycles. The van der Waals surface area contributed by atoms with E-state index >= 15 is 0 Å². The van der Waals surface area contributed by atoms with E-state index < -0.39 is 133 Å². The van der Waals surface area contributed by atoms with Gasteiger partial charge in [0.15, 0.2) is 0 Å². The lowest BCUT2D eigenvalue weighted by Crippen LogP contribution is -2.58. The number of amides is 12. The summed E-state index contributed by atoms with van der Waals surface area (Å²) in [4.78, 5) is 186. The van der Waals surface area contributed by atoms with Gasteiger partial charge in [-0.1, -0.05) is 19.9 Å². The minimum atomic E-state index is -1.53. The summed E-state index contributed by atoms with van der Waals surface area (Å²) in [6.07, 6.45) is 3.73. The summed E-state index contributed by atoms with van der Waals surface area (Å²) < 4.78 is 11.0. The topological polar surface area (TPSA) is 525 Å². The van der Waals surface area contributed by atoms with Crippen LogP contribution in [0.3, 0.4) is 0 Å². The number of rotatable bonds is 48. The van der Waals surface area contributed by atoms with Crippen LogP contribution in [0.1, 0.15) is 137 Å². The number of carboxylic acid groups (broad SMARTS) is 4. The first-order chi connectivity index (χ1) is 46.0. The van der Waals surface area contributed by atoms with E-state index in [0.717, 1.165) is 12.2 Å². The van der Waals surface area contributed by atoms with E-state index in [1.54, 1.807) is 19.9 Å². The highest BCUT2D eigenvalue weighted by atomic mass is 16.5. The highest BCUT2D eigenvalue weighted by molar-refractivity contribution is 6.14. The summed E-state index contributed by atoms with van der Waals surface area (Å²) in [5.41, 5.74) is 7.28. The molecule has 1 aliphatic rings. The molecule has 0 fully saturated rings. The number of unbranched alkanes of at least 4 members (excludes halogenated alkanes) is 3. The third-order valence-electron chi connectivity index (χ3n) is 14.6. The van der Waals surface area contributed by atoms with Crippen molar-refractivity contribution < 1.29 is 107 Å². The van der Waals surface area contributed by atoms with Gasteiger partial charge in [0, 0.05) is 81.2 Å². The monoisotopic (exact) mass is 1370 g/mol. The number of imide groups is 1. The number of nitrogens with two attached hydrogens (primary N) is 1. The summed E-state index contributed by atoms with van der Waals surface area (Å²) in [6, 6.07) is 2.14. The van der Waals surface area contributed by atoms with E-state index in [4.69, 9.17) is 25.4 Å². The Morgan fingerprint density at radius 1 is 0.505 bits per heavy atom. The third-order valence-corrected chi connectivity index (χ3v) is 14.6. The van der Waals surface area contributed by atoms with Crippen LogP contribution in [0.2, 0.25) is 0 Å². The van der Waals surface area contributed by atoms with Gasteiger partial charge in [-0.2, -0.15) is 0 Å². The number of benzene rings is 2. The smallest absolute Gasteiger partial charge is 0.326 e. The van der Waals surface area contributed by atoms with Crippen LogP contribution in [0, 0.1) is 5.92 Å². The number of hydrogen-bond donors (Lipinski definition) is 16. The Hall–Kier alpha value is -10.1. The van der Waals surface area contributed by atoms with Gasteiger partial charge < -0.3 is 93.9 Å². The van der Waals surface area contributed by atoms with E-state index in [0.29, 0.717) is 47.3 Å². The lowest BCUT2D eigenvalue weighted by Gasteiger charge is -2.27. The zero-order valence-corrected chi connectivity index (χ0v) is 54.4. The molecular weight excluding hydrogens is 1280 g/mol. The number of aliphatic carboxylic acids is 4. The van der Waals surface area contributed by atoms with Crippen LogP contribution in [0.5, 0.6) is 5.75 Å². The quantitative estimate of drug-likeness (QED) is 0.0226. The first kappa shape index (κ1) is 81.1. The summed E-state index contributed by atoms with van der Waals surface area (Å²) >= 11 is 0. The number of carboxylic acids is 4. The van der Waals surface area contributed by atoms with Crippen LogP contribution in [0.15, 0.2) is 54.6 Å². The maximum Gasteiger partial charge on any atom is 0.326 e. The molecule has 0 radical (unpaired) electrons. The molecule has 0 bridgehead atoms. The first-order valence-electron chi connectivity index (χ1n) is 31.7. The maximum absolute atomic E-state index is 13.8. The zero-order chi connectivity index (χ0) is 72.0. The van der Waals surface area contributed by atoms with Crippen molar-refractivity contribution in [2.45, 2.75) is 153 Å². The molecule has 0 spiro atoms. The van der Waals surface area contributed by atoms with Crippen LogP contribution in [0.4, 0.5) is 10.5 Å². The number of phenolic OH excluding ortho intramolecular Hbond substituents is 1. The predicted octanol–water partition coefficient (Wildman–Crippen LogP) is -0.483. The van der Waals surface area contributed by atoms with Crippen molar-refractivity contribution in [1.29, 1.82) is 0 Å². The molecule has 0 saturated carbocycles. The van der Waals surface area contributed by atoms with Crippen LogP contribution >= 0.6 is 0 Å². The Kier molecular flexibility index (Phi) is 36.6. The van der Waals surface area contributed by atoms with Gasteiger partial charge in [0.05, 0.1) is 32.1 Å². The number of carbonyl (C=O) groups is 15. The molecule has 1 heterocycles. The number of ether oxygens (including phenoxy) is 2. The SMILES string of the molecule is CC(C)[C@H](NC(=O)[C@H](CCCCNC(=O)CCOCCOCCNC(=O)c1ccc(C(=O)NCCCCC(=O)NCCCC[C@H](NC(=O)N[C@@H](CCC(=O)O)C(=O)O)C(=O)O)cc1)NC(=O)CN1C(=O)C=CC1=O)C(=O)N[C@@H](C)C(=O)Nc1cc(C[C@H](N)CCC(=O)O)ccc1O. The van der Waals surface area contributed by atoms with Crippen molar-refractivity contribution in [3.63, 3.8) is 0 Å². The Morgan fingerprint density at radius 3 is 1.59 bits per heavy atom. The van der Waals surface area contributed by atoms with Crippen molar-refractivity contribution in [2.24, 2.45) is 11.7 Å². The van der Waals surface area contributed by atoms with Crippen LogP contribution in [-0.4, -0.2) is 215 Å². The molecule has 1 aliphatic heterocycles. The zero-order valence-electron chi connectivity index (χ0n) is 54.4. The average molecular weight is 1370 g/mol. The number of anilines is 1. The molecule has 12 amide bonds. The molecule has 3 rings (SSSR count). The van der Waals surface area contributed by atoms with Crippen molar-refractivity contribution in [2.75, 3.05) is 64.5 Å². The van der Waals surface area contributed by atoms with Gasteiger partial charge in [-0.3, -0.25) is 62.4 Å². The van der Waals surface area contributed by atoms with Crippen molar-refractivity contribution in [3.05, 3.63) is 71.3 Å². The highest BCUT2D eigenvalue weighted by Gasteiger charge is 2.33. The number of nitrogens with zero attached hydrogens (tertiary/aromatic N) is 1. The van der Waals surface area contributed by atoms with Crippen LogP contribution < -0.4 is 58.9 Å². The fourth-order valence-electron chi connectivity index (χ4n) is 9.20. The second-order valence-electron chi connectivity index (χ2n) is 23.0. The lowest BCUT2D eigenvalue weighted by molar-refractivity contribution is -0.142. The minimum absolute atomic E-state index is 0.00176. The largest absolute Gasteiger partial charge is 0.506 e. The second-order valence-corrected chi connectivity index (χ2v) is 23.0. The van der Waals surface area contributed by atoms with Gasteiger partial charge in [-0.15, -0.1) is 0 Å². The van der Waals surface area contributed by atoms with E-state index in [2.05, 4.69) is 53.2 Å². The molecular formula is C63H90N12O22. The van der Waals surface area contributed by atoms with E-state index in [9.17, 15) is 87.2 Å². The normalized spacial score (nSPS) is 13.6. The van der Waals surface area contributed by atoms with Crippen molar-refractivity contribution in [3.8, 4) is 5.75 Å². The summed E-state index contributed by atoms with van der Waals surface area (Å²) in [5, 5.41) is 72.2. The number of phenols is 1. The van der Waals surface area contributed by atoms with Crippen molar-refractivity contribution in [1.82, 2.24) is 52.8 Å². The van der Waals surface area contributed by atoms with Gasteiger partial charge in [-0.25, -0.2) is 14.4 Å². The lowest BCUT2D eigenvalue weighted by atomic mass is 10.0. The summed E-state index contributed by atoms with van der Waals surface area (Å²) in [6.45, 7) is 5.30. The Morgan fingerprint density at radius 2 is 1.02 bits per heavy atom.